The number of amides is 2. The van der Waals surface area contributed by atoms with E-state index in [1.54, 1.807) is 4.90 Å². The zero-order valence-electron chi connectivity index (χ0n) is 21.8. The highest BCUT2D eigenvalue weighted by Crippen LogP contribution is 2.42. The van der Waals surface area contributed by atoms with Crippen LogP contribution in [0.1, 0.15) is 56.9 Å². The van der Waals surface area contributed by atoms with Gasteiger partial charge in [0.25, 0.3) is 0 Å². The molecule has 204 valence electrons. The van der Waals surface area contributed by atoms with Crippen molar-refractivity contribution in [1.29, 1.82) is 0 Å². The molecular weight excluding hydrogens is 476 g/mol. The molecule has 37 heavy (non-hydrogen) atoms. The lowest BCUT2D eigenvalue weighted by Crippen LogP contribution is -2.47. The number of hydrogen-bond donors (Lipinski definition) is 2. The van der Waals surface area contributed by atoms with Crippen molar-refractivity contribution in [3.05, 3.63) is 23.8 Å². The lowest BCUT2D eigenvalue weighted by molar-refractivity contribution is -0.144. The van der Waals surface area contributed by atoms with Crippen LogP contribution in [-0.2, 0) is 14.4 Å². The smallest absolute Gasteiger partial charge is 0.308 e. The Morgan fingerprint density at radius 1 is 1.19 bits per heavy atom. The Bertz CT molecular complexity index is 972. The van der Waals surface area contributed by atoms with Gasteiger partial charge in [-0.2, -0.15) is 0 Å². The number of aliphatic carboxylic acids is 1. The molecule has 3 unspecified atom stereocenters. The average molecular weight is 517 g/mol. The molecule has 2 amide bonds. The molecule has 2 fully saturated rings. The third kappa shape index (κ3) is 6.35. The Morgan fingerprint density at radius 3 is 2.73 bits per heavy atom. The average Bonchev–Trinajstić information content (AvgIpc) is 3.50. The molecule has 3 aliphatic rings. The van der Waals surface area contributed by atoms with E-state index in [0.717, 1.165) is 31.2 Å². The van der Waals surface area contributed by atoms with Crippen LogP contribution in [0, 0.1) is 5.92 Å². The van der Waals surface area contributed by atoms with Crippen LogP contribution < -0.4 is 15.2 Å². The first kappa shape index (κ1) is 27.2. The van der Waals surface area contributed by atoms with Crippen molar-refractivity contribution in [3.8, 4) is 11.5 Å². The zero-order valence-corrected chi connectivity index (χ0v) is 21.8. The molecule has 3 N–H and O–H groups in total. The first-order valence-electron chi connectivity index (χ1n) is 13.5. The van der Waals surface area contributed by atoms with Crippen LogP contribution in [0.25, 0.3) is 0 Å². The monoisotopic (exact) mass is 516 g/mol. The molecule has 1 aromatic carbocycles. The highest BCUT2D eigenvalue weighted by molar-refractivity contribution is 5.79. The van der Waals surface area contributed by atoms with E-state index in [1.165, 1.54) is 0 Å². The molecule has 2 saturated heterocycles. The maximum atomic E-state index is 13.4. The standard InChI is InChI=1S/C27H40N4O6/c1-2-3-11-30(14-10-28)25(33)17-31-16-20(19-7-8-22-23(15-19)37-18-36-22)26(27(34)35)21(31)9-13-29-12-5-4-6-24(29)32/h7-8,15,20-21,26H,2-6,9-14,16-18,28H2,1H3,(H,34,35). The summed E-state index contributed by atoms with van der Waals surface area (Å²) >= 11 is 0. The van der Waals surface area contributed by atoms with Gasteiger partial charge in [-0.1, -0.05) is 19.4 Å². The minimum absolute atomic E-state index is 0.0339. The normalized spacial score (nSPS) is 23.5. The maximum Gasteiger partial charge on any atom is 0.308 e. The summed E-state index contributed by atoms with van der Waals surface area (Å²) in [5.74, 6) is -0.577. The van der Waals surface area contributed by atoms with Gasteiger partial charge in [0.1, 0.15) is 0 Å². The van der Waals surface area contributed by atoms with Crippen molar-refractivity contribution in [1.82, 2.24) is 14.7 Å². The fourth-order valence-electron chi connectivity index (χ4n) is 5.86. The number of likely N-dealkylation sites (tertiary alicyclic amines) is 2. The summed E-state index contributed by atoms with van der Waals surface area (Å²) in [5.41, 5.74) is 6.63. The summed E-state index contributed by atoms with van der Waals surface area (Å²) in [7, 11) is 0. The molecule has 0 radical (unpaired) electrons. The number of ether oxygens (including phenoxy) is 2. The van der Waals surface area contributed by atoms with Crippen molar-refractivity contribution >= 4 is 17.8 Å². The minimum atomic E-state index is -0.891. The molecule has 1 aromatic rings. The summed E-state index contributed by atoms with van der Waals surface area (Å²) < 4.78 is 11.0. The lowest BCUT2D eigenvalue weighted by atomic mass is 9.84. The summed E-state index contributed by atoms with van der Waals surface area (Å²) in [6.07, 6.45) is 4.77. The molecule has 3 heterocycles. The van der Waals surface area contributed by atoms with Crippen LogP contribution in [-0.4, -0.2) is 96.2 Å². The van der Waals surface area contributed by atoms with E-state index in [0.29, 0.717) is 63.6 Å². The number of carbonyl (C=O) groups excluding carboxylic acids is 2. The van der Waals surface area contributed by atoms with Gasteiger partial charge in [-0.3, -0.25) is 19.3 Å². The molecule has 0 bridgehead atoms. The second-order valence-corrected chi connectivity index (χ2v) is 10.2. The van der Waals surface area contributed by atoms with E-state index in [9.17, 15) is 19.5 Å². The van der Waals surface area contributed by atoms with E-state index in [1.807, 2.05) is 28.0 Å². The fourth-order valence-corrected chi connectivity index (χ4v) is 5.86. The number of fused-ring (bicyclic) bond motifs is 1. The van der Waals surface area contributed by atoms with Crippen molar-refractivity contribution in [2.75, 3.05) is 52.6 Å². The van der Waals surface area contributed by atoms with Gasteiger partial charge in [0.15, 0.2) is 11.5 Å². The number of benzene rings is 1. The first-order chi connectivity index (χ1) is 17.9. The van der Waals surface area contributed by atoms with Crippen LogP contribution in [0.2, 0.25) is 0 Å². The summed E-state index contributed by atoms with van der Waals surface area (Å²) in [5, 5.41) is 10.4. The van der Waals surface area contributed by atoms with Crippen LogP contribution in [0.15, 0.2) is 18.2 Å². The number of hydrogen-bond acceptors (Lipinski definition) is 7. The number of carbonyl (C=O) groups is 3. The molecule has 3 atom stereocenters. The van der Waals surface area contributed by atoms with Crippen molar-refractivity contribution in [3.63, 3.8) is 0 Å². The van der Waals surface area contributed by atoms with Crippen molar-refractivity contribution in [2.24, 2.45) is 11.7 Å². The van der Waals surface area contributed by atoms with Gasteiger partial charge in [0.2, 0.25) is 18.6 Å². The number of nitrogens with zero attached hydrogens (tertiary/aromatic N) is 3. The summed E-state index contributed by atoms with van der Waals surface area (Å²) in [6, 6.07) is 5.20. The number of carboxylic acids is 1. The SMILES string of the molecule is CCCCN(CCN)C(=O)CN1CC(c2ccc3c(c2)OCO3)C(C(=O)O)C1CCN1CCCCC1=O. The van der Waals surface area contributed by atoms with Crippen LogP contribution in [0.5, 0.6) is 11.5 Å². The van der Waals surface area contributed by atoms with Gasteiger partial charge in [-0.15, -0.1) is 0 Å². The lowest BCUT2D eigenvalue weighted by Gasteiger charge is -2.32. The van der Waals surface area contributed by atoms with Gasteiger partial charge in [0, 0.05) is 57.6 Å². The van der Waals surface area contributed by atoms with E-state index in [-0.39, 0.29) is 37.1 Å². The van der Waals surface area contributed by atoms with E-state index in [2.05, 4.69) is 6.92 Å². The van der Waals surface area contributed by atoms with Crippen LogP contribution in [0.4, 0.5) is 0 Å². The molecule has 0 aromatic heterocycles. The number of unbranched alkanes of at least 4 members (excludes halogenated alkanes) is 1. The Morgan fingerprint density at radius 2 is 2.00 bits per heavy atom. The number of rotatable bonds is 12. The molecular formula is C27H40N4O6. The highest BCUT2D eigenvalue weighted by atomic mass is 16.7. The fraction of sp³-hybridized carbons (Fsp3) is 0.667. The van der Waals surface area contributed by atoms with Crippen molar-refractivity contribution < 1.29 is 29.0 Å². The van der Waals surface area contributed by atoms with Crippen LogP contribution >= 0.6 is 0 Å². The first-order valence-corrected chi connectivity index (χ1v) is 13.5. The van der Waals surface area contributed by atoms with Gasteiger partial charge < -0.3 is 30.1 Å². The summed E-state index contributed by atoms with van der Waals surface area (Å²) in [6.45, 7) is 5.49. The second kappa shape index (κ2) is 12.6. The molecule has 0 spiro atoms. The topological polar surface area (TPSA) is 126 Å². The highest BCUT2D eigenvalue weighted by Gasteiger charge is 2.47. The van der Waals surface area contributed by atoms with Crippen LogP contribution in [0.3, 0.4) is 0 Å². The summed E-state index contributed by atoms with van der Waals surface area (Å²) in [4.78, 5) is 44.1. The van der Waals surface area contributed by atoms with Crippen molar-refractivity contribution in [2.45, 2.75) is 57.4 Å². The van der Waals surface area contributed by atoms with E-state index < -0.39 is 11.9 Å². The largest absolute Gasteiger partial charge is 0.481 e. The number of carboxylic acid groups (broad SMARTS) is 1. The quantitative estimate of drug-likeness (QED) is 0.431. The Labute approximate surface area is 218 Å². The minimum Gasteiger partial charge on any atom is -0.481 e. The molecule has 3 aliphatic heterocycles. The Kier molecular flexibility index (Phi) is 9.26. The van der Waals surface area contributed by atoms with E-state index >= 15 is 0 Å². The predicted molar refractivity (Wildman–Crippen MR) is 137 cm³/mol. The van der Waals surface area contributed by atoms with Gasteiger partial charge in [0.05, 0.1) is 12.5 Å². The molecule has 4 rings (SSSR count). The number of piperidine rings is 1. The zero-order chi connectivity index (χ0) is 26.4. The predicted octanol–water partition coefficient (Wildman–Crippen LogP) is 1.87. The Balaban J connectivity index is 1.57. The van der Waals surface area contributed by atoms with Gasteiger partial charge >= 0.3 is 5.97 Å². The van der Waals surface area contributed by atoms with E-state index in [4.69, 9.17) is 15.2 Å². The number of nitrogens with two attached hydrogens (primary N) is 1. The third-order valence-electron chi connectivity index (χ3n) is 7.85. The second-order valence-electron chi connectivity index (χ2n) is 10.2. The van der Waals surface area contributed by atoms with Gasteiger partial charge in [-0.05, 0) is 43.4 Å². The third-order valence-corrected chi connectivity index (χ3v) is 7.85. The molecule has 10 heteroatoms. The van der Waals surface area contributed by atoms with Gasteiger partial charge in [-0.25, -0.2) is 0 Å². The molecule has 0 aliphatic carbocycles. The Hall–Kier alpha value is -2.85. The maximum absolute atomic E-state index is 13.4. The molecule has 10 nitrogen and oxygen atoms in total. The molecule has 0 saturated carbocycles.